The molecule has 1 fully saturated rings. The number of amides is 2. The molecular weight excluding hydrogens is 374 g/mol. The maximum Gasteiger partial charge on any atom is 0.271 e. The first-order chi connectivity index (χ1) is 12.4. The second-order valence-corrected chi connectivity index (χ2v) is 8.91. The summed E-state index contributed by atoms with van der Waals surface area (Å²) in [5, 5.41) is 1.68. The number of thiophene rings is 1. The first-order valence-corrected chi connectivity index (χ1v) is 10.5. The molecular formula is C17H19N3O4S2. The van der Waals surface area contributed by atoms with Gasteiger partial charge < -0.3 is 10.6 Å². The number of anilines is 1. The van der Waals surface area contributed by atoms with Crippen LogP contribution in [0.1, 0.15) is 23.2 Å². The SMILES string of the molecule is NC(=O)C1CCN(C(=O)c2ccccc2NS(=O)(=O)c2cccs2)CC1. The Balaban J connectivity index is 1.79. The molecule has 138 valence electrons. The van der Waals surface area contributed by atoms with E-state index in [2.05, 4.69) is 4.72 Å². The van der Waals surface area contributed by atoms with Gasteiger partial charge in [-0.3, -0.25) is 14.3 Å². The maximum atomic E-state index is 12.8. The zero-order valence-electron chi connectivity index (χ0n) is 13.9. The third kappa shape index (κ3) is 3.88. The lowest BCUT2D eigenvalue weighted by Gasteiger charge is -2.31. The van der Waals surface area contributed by atoms with Gasteiger partial charge in [-0.15, -0.1) is 11.3 Å². The van der Waals surface area contributed by atoms with Crippen molar-refractivity contribution >= 4 is 38.9 Å². The van der Waals surface area contributed by atoms with Crippen LogP contribution in [0.25, 0.3) is 0 Å². The van der Waals surface area contributed by atoms with Crippen LogP contribution in [0.4, 0.5) is 5.69 Å². The second kappa shape index (κ2) is 7.46. The first-order valence-electron chi connectivity index (χ1n) is 8.12. The minimum atomic E-state index is -3.74. The fourth-order valence-corrected chi connectivity index (χ4v) is 4.98. The van der Waals surface area contributed by atoms with Crippen LogP contribution >= 0.6 is 11.3 Å². The van der Waals surface area contributed by atoms with Gasteiger partial charge in [0.2, 0.25) is 5.91 Å². The lowest BCUT2D eigenvalue weighted by Crippen LogP contribution is -2.42. The van der Waals surface area contributed by atoms with Crippen molar-refractivity contribution in [1.29, 1.82) is 0 Å². The molecule has 3 N–H and O–H groups in total. The van der Waals surface area contributed by atoms with E-state index in [-0.39, 0.29) is 33.2 Å². The van der Waals surface area contributed by atoms with Gasteiger partial charge in [0, 0.05) is 19.0 Å². The molecule has 1 saturated heterocycles. The van der Waals surface area contributed by atoms with E-state index in [9.17, 15) is 18.0 Å². The summed E-state index contributed by atoms with van der Waals surface area (Å²) in [7, 11) is -3.74. The summed E-state index contributed by atoms with van der Waals surface area (Å²) in [5.74, 6) is -0.828. The molecule has 9 heteroatoms. The smallest absolute Gasteiger partial charge is 0.271 e. The molecule has 0 saturated carbocycles. The van der Waals surface area contributed by atoms with Gasteiger partial charge in [0.05, 0.1) is 11.3 Å². The summed E-state index contributed by atoms with van der Waals surface area (Å²) < 4.78 is 27.6. The number of likely N-dealkylation sites (tertiary alicyclic amines) is 1. The average Bonchev–Trinajstić information content (AvgIpc) is 3.17. The highest BCUT2D eigenvalue weighted by Gasteiger charge is 2.28. The quantitative estimate of drug-likeness (QED) is 0.808. The van der Waals surface area contributed by atoms with E-state index in [1.807, 2.05) is 0 Å². The van der Waals surface area contributed by atoms with E-state index in [0.29, 0.717) is 25.9 Å². The van der Waals surface area contributed by atoms with Gasteiger partial charge in [0.25, 0.3) is 15.9 Å². The lowest BCUT2D eigenvalue weighted by atomic mass is 9.96. The van der Waals surface area contributed by atoms with Crippen LogP contribution in [-0.4, -0.2) is 38.2 Å². The molecule has 1 aliphatic rings. The van der Waals surface area contributed by atoms with Crippen molar-refractivity contribution in [2.24, 2.45) is 11.7 Å². The summed E-state index contributed by atoms with van der Waals surface area (Å²) in [6.45, 7) is 0.830. The molecule has 0 spiro atoms. The van der Waals surface area contributed by atoms with Gasteiger partial charge in [-0.05, 0) is 36.4 Å². The number of nitrogens with zero attached hydrogens (tertiary/aromatic N) is 1. The molecule has 1 aromatic heterocycles. The molecule has 0 unspecified atom stereocenters. The van der Waals surface area contributed by atoms with Crippen LogP contribution in [-0.2, 0) is 14.8 Å². The van der Waals surface area contributed by atoms with E-state index in [1.54, 1.807) is 40.6 Å². The van der Waals surface area contributed by atoms with Gasteiger partial charge in [-0.1, -0.05) is 18.2 Å². The molecule has 3 rings (SSSR count). The van der Waals surface area contributed by atoms with Crippen molar-refractivity contribution in [2.75, 3.05) is 17.8 Å². The molecule has 7 nitrogen and oxygen atoms in total. The van der Waals surface area contributed by atoms with Crippen molar-refractivity contribution in [3.8, 4) is 0 Å². The second-order valence-electron chi connectivity index (χ2n) is 6.05. The molecule has 0 atom stereocenters. The minimum Gasteiger partial charge on any atom is -0.369 e. The Kier molecular flexibility index (Phi) is 5.28. The van der Waals surface area contributed by atoms with Crippen molar-refractivity contribution in [2.45, 2.75) is 17.1 Å². The van der Waals surface area contributed by atoms with Crippen molar-refractivity contribution in [3.63, 3.8) is 0 Å². The van der Waals surface area contributed by atoms with Crippen LogP contribution in [0.15, 0.2) is 46.0 Å². The number of piperidine rings is 1. The summed E-state index contributed by atoms with van der Waals surface area (Å²) >= 11 is 1.10. The number of primary amides is 1. The largest absolute Gasteiger partial charge is 0.369 e. The number of nitrogens with one attached hydrogen (secondary N) is 1. The van der Waals surface area contributed by atoms with E-state index in [0.717, 1.165) is 11.3 Å². The molecule has 0 aliphatic carbocycles. The van der Waals surface area contributed by atoms with E-state index < -0.39 is 10.0 Å². The fraction of sp³-hybridized carbons (Fsp3) is 0.294. The number of hydrogen-bond donors (Lipinski definition) is 2. The van der Waals surface area contributed by atoms with Gasteiger partial charge >= 0.3 is 0 Å². The summed E-state index contributed by atoms with van der Waals surface area (Å²) in [5.41, 5.74) is 5.84. The molecule has 1 aliphatic heterocycles. The highest BCUT2D eigenvalue weighted by molar-refractivity contribution is 7.94. The van der Waals surface area contributed by atoms with E-state index in [1.165, 1.54) is 6.07 Å². The van der Waals surface area contributed by atoms with Gasteiger partial charge in [-0.2, -0.15) is 0 Å². The zero-order valence-corrected chi connectivity index (χ0v) is 15.6. The van der Waals surface area contributed by atoms with Gasteiger partial charge in [0.15, 0.2) is 0 Å². The van der Waals surface area contributed by atoms with Gasteiger partial charge in [-0.25, -0.2) is 8.42 Å². The molecule has 1 aromatic carbocycles. The Hall–Kier alpha value is -2.39. The normalized spacial score (nSPS) is 15.6. The molecule has 2 aromatic rings. The molecule has 0 bridgehead atoms. The average molecular weight is 393 g/mol. The Morgan fingerprint density at radius 2 is 1.81 bits per heavy atom. The summed E-state index contributed by atoms with van der Waals surface area (Å²) in [6.07, 6.45) is 1.04. The number of carbonyl (C=O) groups is 2. The highest BCUT2D eigenvalue weighted by atomic mass is 32.2. The topological polar surface area (TPSA) is 110 Å². The summed E-state index contributed by atoms with van der Waals surface area (Å²) in [6, 6.07) is 9.67. The Bertz CT molecular complexity index is 902. The van der Waals surface area contributed by atoms with Crippen molar-refractivity contribution < 1.29 is 18.0 Å². The number of para-hydroxylation sites is 1. The molecule has 2 heterocycles. The first kappa shape index (κ1) is 18.4. The third-order valence-corrected chi connectivity index (χ3v) is 7.11. The van der Waals surface area contributed by atoms with Crippen LogP contribution in [0, 0.1) is 5.92 Å². The summed E-state index contributed by atoms with van der Waals surface area (Å²) in [4.78, 5) is 25.7. The number of nitrogens with two attached hydrogens (primary N) is 1. The fourth-order valence-electron chi connectivity index (χ4n) is 2.91. The van der Waals surface area contributed by atoms with E-state index in [4.69, 9.17) is 5.73 Å². The predicted octanol–water partition coefficient (Wildman–Crippen LogP) is 1.89. The van der Waals surface area contributed by atoms with E-state index >= 15 is 0 Å². The standard InChI is InChI=1S/C17H19N3O4S2/c18-16(21)12-7-9-20(10-8-12)17(22)13-4-1-2-5-14(13)19-26(23,24)15-6-3-11-25-15/h1-6,11-12,19H,7-10H2,(H2,18,21). The Labute approximate surface area is 155 Å². The maximum absolute atomic E-state index is 12.8. The minimum absolute atomic E-state index is 0.182. The molecule has 0 radical (unpaired) electrons. The number of rotatable bonds is 5. The lowest BCUT2D eigenvalue weighted by molar-refractivity contribution is -0.123. The monoisotopic (exact) mass is 393 g/mol. The molecule has 2 amide bonds. The van der Waals surface area contributed by atoms with Crippen LogP contribution < -0.4 is 10.5 Å². The third-order valence-electron chi connectivity index (χ3n) is 4.35. The Morgan fingerprint density at radius 3 is 2.42 bits per heavy atom. The van der Waals surface area contributed by atoms with Crippen LogP contribution in [0.3, 0.4) is 0 Å². The van der Waals surface area contributed by atoms with Crippen LogP contribution in [0.5, 0.6) is 0 Å². The number of hydrogen-bond acceptors (Lipinski definition) is 5. The predicted molar refractivity (Wildman–Crippen MR) is 99.4 cm³/mol. The van der Waals surface area contributed by atoms with Gasteiger partial charge in [0.1, 0.15) is 4.21 Å². The van der Waals surface area contributed by atoms with Crippen molar-refractivity contribution in [3.05, 3.63) is 47.3 Å². The van der Waals surface area contributed by atoms with Crippen molar-refractivity contribution in [1.82, 2.24) is 4.90 Å². The number of benzene rings is 1. The number of carbonyl (C=O) groups excluding carboxylic acids is 2. The highest BCUT2D eigenvalue weighted by Crippen LogP contribution is 2.25. The Morgan fingerprint density at radius 1 is 1.12 bits per heavy atom. The number of sulfonamides is 1. The van der Waals surface area contributed by atoms with Crippen LogP contribution in [0.2, 0.25) is 0 Å². The molecule has 26 heavy (non-hydrogen) atoms. The zero-order chi connectivity index (χ0) is 18.7.